The van der Waals surface area contributed by atoms with Crippen LogP contribution in [0.3, 0.4) is 0 Å². The topological polar surface area (TPSA) is 51.4 Å². The summed E-state index contributed by atoms with van der Waals surface area (Å²) < 4.78 is 5.45. The van der Waals surface area contributed by atoms with Crippen LogP contribution in [0.25, 0.3) is 0 Å². The second-order valence-corrected chi connectivity index (χ2v) is 4.53. The summed E-state index contributed by atoms with van der Waals surface area (Å²) in [6.07, 6.45) is 0. The number of ether oxygens (including phenoxy) is 1. The van der Waals surface area contributed by atoms with Crippen LogP contribution in [0.15, 0.2) is 42.5 Å². The van der Waals surface area contributed by atoms with E-state index in [4.69, 9.17) is 10.5 Å². The van der Waals surface area contributed by atoms with Gasteiger partial charge in [0.15, 0.2) is 0 Å². The van der Waals surface area contributed by atoms with E-state index in [1.54, 1.807) is 0 Å². The van der Waals surface area contributed by atoms with E-state index in [2.05, 4.69) is 22.9 Å². The number of rotatable bonds is 6. The van der Waals surface area contributed by atoms with Gasteiger partial charge >= 0.3 is 0 Å². The molecule has 0 bridgehead atoms. The lowest BCUT2D eigenvalue weighted by atomic mass is 10.2. The lowest BCUT2D eigenvalue weighted by Crippen LogP contribution is -2.23. The van der Waals surface area contributed by atoms with Crippen molar-refractivity contribution in [3.05, 3.63) is 48.0 Å². The predicted octanol–water partition coefficient (Wildman–Crippen LogP) is 3.09. The third kappa shape index (κ3) is 3.63. The number of nitrogens with two attached hydrogens (primary N) is 1. The number of benzene rings is 1. The van der Waals surface area contributed by atoms with Crippen molar-refractivity contribution < 1.29 is 4.74 Å². The van der Waals surface area contributed by atoms with E-state index in [1.807, 2.05) is 43.3 Å². The van der Waals surface area contributed by atoms with Crippen molar-refractivity contribution in [2.75, 3.05) is 23.8 Å². The highest BCUT2D eigenvalue weighted by atomic mass is 16.5. The van der Waals surface area contributed by atoms with Crippen molar-refractivity contribution in [1.82, 2.24) is 4.98 Å². The molecule has 0 spiro atoms. The Bertz CT molecular complexity index is 557. The van der Waals surface area contributed by atoms with Crippen LogP contribution in [0.4, 0.5) is 11.5 Å². The van der Waals surface area contributed by atoms with Crippen molar-refractivity contribution in [3.63, 3.8) is 0 Å². The van der Waals surface area contributed by atoms with Crippen LogP contribution in [0.1, 0.15) is 19.4 Å². The first-order valence-corrected chi connectivity index (χ1v) is 6.92. The molecule has 0 saturated carbocycles. The summed E-state index contributed by atoms with van der Waals surface area (Å²) in [5.41, 5.74) is 7.79. The molecule has 4 nitrogen and oxygen atoms in total. The first-order valence-electron chi connectivity index (χ1n) is 6.92. The second kappa shape index (κ2) is 6.80. The molecule has 0 aliphatic rings. The van der Waals surface area contributed by atoms with Gasteiger partial charge in [0.25, 0.3) is 0 Å². The van der Waals surface area contributed by atoms with Crippen LogP contribution in [0.2, 0.25) is 0 Å². The Morgan fingerprint density at radius 1 is 1.15 bits per heavy atom. The Labute approximate surface area is 120 Å². The molecule has 0 unspecified atom stereocenters. The second-order valence-electron chi connectivity index (χ2n) is 4.53. The van der Waals surface area contributed by atoms with E-state index in [0.717, 1.165) is 24.6 Å². The van der Waals surface area contributed by atoms with Gasteiger partial charge in [-0.05, 0) is 37.6 Å². The first kappa shape index (κ1) is 14.2. The average molecular weight is 271 g/mol. The number of pyridine rings is 1. The number of nitrogen functional groups attached to an aromatic ring is 1. The predicted molar refractivity (Wildman–Crippen MR) is 83.0 cm³/mol. The lowest BCUT2D eigenvalue weighted by molar-refractivity contribution is 0.327. The van der Waals surface area contributed by atoms with Crippen molar-refractivity contribution >= 4 is 11.5 Å². The molecule has 1 aromatic heterocycles. The highest BCUT2D eigenvalue weighted by Gasteiger charge is 2.08. The summed E-state index contributed by atoms with van der Waals surface area (Å²) >= 11 is 0. The van der Waals surface area contributed by atoms with Crippen LogP contribution in [0, 0.1) is 0 Å². The fourth-order valence-electron chi connectivity index (χ4n) is 2.07. The van der Waals surface area contributed by atoms with Gasteiger partial charge in [-0.25, -0.2) is 0 Å². The lowest BCUT2D eigenvalue weighted by Gasteiger charge is -2.22. The van der Waals surface area contributed by atoms with Crippen LogP contribution in [-0.2, 0) is 6.54 Å². The van der Waals surface area contributed by atoms with Crippen molar-refractivity contribution in [2.24, 2.45) is 0 Å². The summed E-state index contributed by atoms with van der Waals surface area (Å²) in [5, 5.41) is 0. The smallest absolute Gasteiger partial charge is 0.215 e. The van der Waals surface area contributed by atoms with E-state index < -0.39 is 0 Å². The minimum absolute atomic E-state index is 0.623. The molecule has 106 valence electrons. The van der Waals surface area contributed by atoms with E-state index in [0.29, 0.717) is 12.5 Å². The quantitative estimate of drug-likeness (QED) is 0.820. The van der Waals surface area contributed by atoms with E-state index in [9.17, 15) is 0 Å². The molecular formula is C16H21N3O. The molecule has 2 N–H and O–H groups in total. The van der Waals surface area contributed by atoms with Gasteiger partial charge in [-0.2, -0.15) is 4.98 Å². The van der Waals surface area contributed by atoms with E-state index in [-0.39, 0.29) is 0 Å². The molecule has 2 rings (SSSR count). The number of nitrogens with zero attached hydrogens (tertiary/aromatic N) is 2. The van der Waals surface area contributed by atoms with Crippen LogP contribution >= 0.6 is 0 Å². The Balaban J connectivity index is 2.17. The fourth-order valence-corrected chi connectivity index (χ4v) is 2.07. The molecule has 1 heterocycles. The Morgan fingerprint density at radius 3 is 2.65 bits per heavy atom. The van der Waals surface area contributed by atoms with E-state index in [1.165, 1.54) is 5.56 Å². The van der Waals surface area contributed by atoms with Gasteiger partial charge in [0.05, 0.1) is 6.61 Å². The number of aromatic nitrogens is 1. The van der Waals surface area contributed by atoms with Gasteiger partial charge in [0.2, 0.25) is 5.88 Å². The minimum Gasteiger partial charge on any atom is -0.478 e. The van der Waals surface area contributed by atoms with Crippen LogP contribution in [0.5, 0.6) is 5.88 Å². The Kier molecular flexibility index (Phi) is 4.82. The van der Waals surface area contributed by atoms with E-state index >= 15 is 0 Å². The Hall–Kier alpha value is -2.23. The zero-order valence-corrected chi connectivity index (χ0v) is 12.0. The maximum absolute atomic E-state index is 5.82. The minimum atomic E-state index is 0.623. The summed E-state index contributed by atoms with van der Waals surface area (Å²) in [4.78, 5) is 6.72. The number of anilines is 2. The molecule has 0 atom stereocenters. The number of hydrogen-bond donors (Lipinski definition) is 1. The number of hydrogen-bond acceptors (Lipinski definition) is 4. The zero-order chi connectivity index (χ0) is 14.4. The largest absolute Gasteiger partial charge is 0.478 e. The third-order valence-electron chi connectivity index (χ3n) is 3.03. The molecule has 0 saturated heterocycles. The van der Waals surface area contributed by atoms with Gasteiger partial charge in [0, 0.05) is 24.8 Å². The summed E-state index contributed by atoms with van der Waals surface area (Å²) in [5.74, 6) is 1.58. The molecule has 4 heteroatoms. The SMILES string of the molecule is CCOc1cccc(N(CC)Cc2cccc(N)c2)n1. The zero-order valence-electron chi connectivity index (χ0n) is 12.0. The molecule has 0 radical (unpaired) electrons. The third-order valence-corrected chi connectivity index (χ3v) is 3.03. The highest BCUT2D eigenvalue weighted by Crippen LogP contribution is 2.19. The van der Waals surface area contributed by atoms with Crippen molar-refractivity contribution in [1.29, 1.82) is 0 Å². The highest BCUT2D eigenvalue weighted by molar-refractivity contribution is 5.45. The molecule has 0 aliphatic heterocycles. The van der Waals surface area contributed by atoms with Gasteiger partial charge in [0.1, 0.15) is 5.82 Å². The van der Waals surface area contributed by atoms with Gasteiger partial charge in [-0.3, -0.25) is 0 Å². The van der Waals surface area contributed by atoms with Gasteiger partial charge in [-0.15, -0.1) is 0 Å². The van der Waals surface area contributed by atoms with Crippen molar-refractivity contribution in [2.45, 2.75) is 20.4 Å². The normalized spacial score (nSPS) is 10.3. The molecular weight excluding hydrogens is 250 g/mol. The molecule has 0 aliphatic carbocycles. The maximum Gasteiger partial charge on any atom is 0.215 e. The Morgan fingerprint density at radius 2 is 1.95 bits per heavy atom. The summed E-state index contributed by atoms with van der Waals surface area (Å²) in [6.45, 7) is 6.35. The molecule has 0 amide bonds. The monoisotopic (exact) mass is 271 g/mol. The van der Waals surface area contributed by atoms with Crippen LogP contribution < -0.4 is 15.4 Å². The average Bonchev–Trinajstić information content (AvgIpc) is 2.45. The summed E-state index contributed by atoms with van der Waals surface area (Å²) in [6, 6.07) is 13.8. The van der Waals surface area contributed by atoms with Gasteiger partial charge < -0.3 is 15.4 Å². The molecule has 2 aromatic rings. The summed E-state index contributed by atoms with van der Waals surface area (Å²) in [7, 11) is 0. The molecule has 20 heavy (non-hydrogen) atoms. The first-order chi connectivity index (χ1) is 9.72. The molecule has 1 aromatic carbocycles. The van der Waals surface area contributed by atoms with Gasteiger partial charge in [-0.1, -0.05) is 18.2 Å². The van der Waals surface area contributed by atoms with Crippen LogP contribution in [-0.4, -0.2) is 18.1 Å². The van der Waals surface area contributed by atoms with Crippen molar-refractivity contribution in [3.8, 4) is 5.88 Å². The fraction of sp³-hybridized carbons (Fsp3) is 0.312. The maximum atomic E-state index is 5.82. The standard InChI is InChI=1S/C16H21N3O/c1-3-19(12-13-7-5-8-14(17)11-13)15-9-6-10-16(18-15)20-4-2/h5-11H,3-4,12,17H2,1-2H3. The molecule has 0 fully saturated rings.